The quantitative estimate of drug-likeness (QED) is 0.777. The molecular formula is C21H24N4O. The van der Waals surface area contributed by atoms with Crippen LogP contribution in [0.1, 0.15) is 29.8 Å². The summed E-state index contributed by atoms with van der Waals surface area (Å²) in [5.74, 6) is 1.16. The molecule has 1 aliphatic heterocycles. The second-order valence-electron chi connectivity index (χ2n) is 7.01. The lowest BCUT2D eigenvalue weighted by molar-refractivity contribution is -0.117. The monoisotopic (exact) mass is 348 g/mol. The molecule has 134 valence electrons. The Labute approximate surface area is 153 Å². The van der Waals surface area contributed by atoms with Crippen molar-refractivity contribution in [2.45, 2.75) is 33.2 Å². The predicted octanol–water partition coefficient (Wildman–Crippen LogP) is 3.93. The highest BCUT2D eigenvalue weighted by atomic mass is 16.2. The Morgan fingerprint density at radius 2 is 2.00 bits per heavy atom. The highest BCUT2D eigenvalue weighted by molar-refractivity contribution is 6.00. The van der Waals surface area contributed by atoms with Crippen LogP contribution >= 0.6 is 0 Å². The molecule has 26 heavy (non-hydrogen) atoms. The molecule has 1 amide bonds. The summed E-state index contributed by atoms with van der Waals surface area (Å²) >= 11 is 0. The smallest absolute Gasteiger partial charge is 0.227 e. The number of hydrogen-bond donors (Lipinski definition) is 1. The van der Waals surface area contributed by atoms with Gasteiger partial charge in [0.1, 0.15) is 11.3 Å². The number of benzene rings is 2. The van der Waals surface area contributed by atoms with Gasteiger partial charge in [-0.2, -0.15) is 0 Å². The first-order chi connectivity index (χ1) is 12.5. The molecule has 5 heteroatoms. The molecule has 1 N–H and O–H groups in total. The minimum Gasteiger partial charge on any atom is -0.379 e. The van der Waals surface area contributed by atoms with Crippen LogP contribution in [0.2, 0.25) is 0 Å². The van der Waals surface area contributed by atoms with E-state index in [1.54, 1.807) is 0 Å². The SMILES string of the molecule is Cc1ccccc1CNc1cc(N2CCCC2=O)cc2c1nc(C)n2C. The maximum Gasteiger partial charge on any atom is 0.227 e. The number of nitrogens with one attached hydrogen (secondary N) is 1. The summed E-state index contributed by atoms with van der Waals surface area (Å²) in [5.41, 5.74) is 6.45. The van der Waals surface area contributed by atoms with Crippen LogP contribution in [-0.2, 0) is 18.4 Å². The first-order valence-corrected chi connectivity index (χ1v) is 9.10. The second kappa shape index (κ2) is 6.48. The summed E-state index contributed by atoms with van der Waals surface area (Å²) in [6.45, 7) is 5.65. The zero-order chi connectivity index (χ0) is 18.3. The fourth-order valence-corrected chi connectivity index (χ4v) is 3.60. The minimum atomic E-state index is 0.202. The summed E-state index contributed by atoms with van der Waals surface area (Å²) in [5, 5.41) is 3.55. The molecule has 1 saturated heterocycles. The molecule has 0 radical (unpaired) electrons. The summed E-state index contributed by atoms with van der Waals surface area (Å²) in [7, 11) is 2.02. The first-order valence-electron chi connectivity index (χ1n) is 9.10. The van der Waals surface area contributed by atoms with E-state index in [1.807, 2.05) is 18.9 Å². The van der Waals surface area contributed by atoms with Gasteiger partial charge in [-0.15, -0.1) is 0 Å². The Hall–Kier alpha value is -2.82. The van der Waals surface area contributed by atoms with Gasteiger partial charge in [0.2, 0.25) is 5.91 Å². The minimum absolute atomic E-state index is 0.202. The van der Waals surface area contributed by atoms with Gasteiger partial charge >= 0.3 is 0 Å². The number of amides is 1. The zero-order valence-corrected chi connectivity index (χ0v) is 15.5. The van der Waals surface area contributed by atoms with Crippen LogP contribution in [-0.4, -0.2) is 22.0 Å². The molecule has 4 rings (SSSR count). The van der Waals surface area contributed by atoms with E-state index in [-0.39, 0.29) is 5.91 Å². The lowest BCUT2D eigenvalue weighted by atomic mass is 10.1. The normalized spacial score (nSPS) is 14.4. The van der Waals surface area contributed by atoms with Gasteiger partial charge in [0.05, 0.1) is 11.2 Å². The van der Waals surface area contributed by atoms with Gasteiger partial charge in [0.15, 0.2) is 0 Å². The van der Waals surface area contributed by atoms with Gasteiger partial charge in [0, 0.05) is 32.2 Å². The number of fused-ring (bicyclic) bond motifs is 1. The summed E-state index contributed by atoms with van der Waals surface area (Å²) in [4.78, 5) is 18.8. The van der Waals surface area contributed by atoms with Crippen molar-refractivity contribution in [3.05, 3.63) is 53.3 Å². The summed E-state index contributed by atoms with van der Waals surface area (Å²) in [6.07, 6.45) is 1.56. The third-order valence-electron chi connectivity index (χ3n) is 5.31. The number of carbonyl (C=O) groups excluding carboxylic acids is 1. The zero-order valence-electron chi connectivity index (χ0n) is 15.5. The van der Waals surface area contributed by atoms with Crippen molar-refractivity contribution in [1.29, 1.82) is 0 Å². The highest BCUT2D eigenvalue weighted by Gasteiger charge is 2.23. The molecule has 0 atom stereocenters. The summed E-state index contributed by atoms with van der Waals surface area (Å²) < 4.78 is 2.08. The van der Waals surface area contributed by atoms with Crippen LogP contribution in [0.5, 0.6) is 0 Å². The number of imidazole rings is 1. The Kier molecular flexibility index (Phi) is 4.15. The largest absolute Gasteiger partial charge is 0.379 e. The number of nitrogens with zero attached hydrogens (tertiary/aromatic N) is 3. The van der Waals surface area contributed by atoms with Gasteiger partial charge in [0.25, 0.3) is 0 Å². The van der Waals surface area contributed by atoms with E-state index in [1.165, 1.54) is 11.1 Å². The Bertz CT molecular complexity index is 989. The average molecular weight is 348 g/mol. The molecule has 0 saturated carbocycles. The molecule has 0 unspecified atom stereocenters. The lowest BCUT2D eigenvalue weighted by Crippen LogP contribution is -2.23. The molecule has 0 bridgehead atoms. The van der Waals surface area contributed by atoms with Crippen LogP contribution in [0.15, 0.2) is 36.4 Å². The third kappa shape index (κ3) is 2.83. The molecule has 1 fully saturated rings. The fourth-order valence-electron chi connectivity index (χ4n) is 3.60. The molecule has 5 nitrogen and oxygen atoms in total. The molecule has 0 spiro atoms. The highest BCUT2D eigenvalue weighted by Crippen LogP contribution is 2.32. The van der Waals surface area contributed by atoms with Crippen LogP contribution < -0.4 is 10.2 Å². The van der Waals surface area contributed by atoms with Crippen molar-refractivity contribution in [1.82, 2.24) is 9.55 Å². The number of hydrogen-bond acceptors (Lipinski definition) is 3. The number of anilines is 2. The number of aryl methyl sites for hydroxylation is 3. The average Bonchev–Trinajstić information content (AvgIpc) is 3.18. The van der Waals surface area contributed by atoms with Crippen molar-refractivity contribution in [2.75, 3.05) is 16.8 Å². The van der Waals surface area contributed by atoms with E-state index < -0.39 is 0 Å². The topological polar surface area (TPSA) is 50.2 Å². The maximum absolute atomic E-state index is 12.2. The Balaban J connectivity index is 1.75. The number of rotatable bonds is 4. The van der Waals surface area contributed by atoms with E-state index in [2.05, 4.69) is 53.2 Å². The fraction of sp³-hybridized carbons (Fsp3) is 0.333. The van der Waals surface area contributed by atoms with Crippen LogP contribution in [0.3, 0.4) is 0 Å². The molecular weight excluding hydrogens is 324 g/mol. The lowest BCUT2D eigenvalue weighted by Gasteiger charge is -2.18. The molecule has 2 heterocycles. The molecule has 2 aromatic carbocycles. The molecule has 0 aliphatic carbocycles. The van der Waals surface area contributed by atoms with Gasteiger partial charge in [-0.25, -0.2) is 4.98 Å². The van der Waals surface area contributed by atoms with Crippen molar-refractivity contribution in [3.8, 4) is 0 Å². The Morgan fingerprint density at radius 3 is 2.73 bits per heavy atom. The van der Waals surface area contributed by atoms with Crippen molar-refractivity contribution in [3.63, 3.8) is 0 Å². The first kappa shape index (κ1) is 16.6. The van der Waals surface area contributed by atoms with Crippen LogP contribution in [0, 0.1) is 13.8 Å². The van der Waals surface area contributed by atoms with Crippen LogP contribution in [0.4, 0.5) is 11.4 Å². The van der Waals surface area contributed by atoms with Crippen molar-refractivity contribution < 1.29 is 4.79 Å². The standard InChI is InChI=1S/C21H24N4O/c1-14-7-4-5-8-16(14)13-22-18-11-17(25-10-6-9-20(25)26)12-19-21(18)23-15(2)24(19)3/h4-5,7-8,11-12,22H,6,9-10,13H2,1-3H3. The van der Waals surface area contributed by atoms with E-state index in [0.717, 1.165) is 47.7 Å². The molecule has 1 aliphatic rings. The molecule has 1 aromatic heterocycles. The van der Waals surface area contributed by atoms with E-state index in [4.69, 9.17) is 4.98 Å². The van der Waals surface area contributed by atoms with Crippen molar-refractivity contribution >= 4 is 28.3 Å². The van der Waals surface area contributed by atoms with E-state index >= 15 is 0 Å². The maximum atomic E-state index is 12.2. The van der Waals surface area contributed by atoms with Crippen LogP contribution in [0.25, 0.3) is 11.0 Å². The van der Waals surface area contributed by atoms with Gasteiger partial charge in [-0.1, -0.05) is 24.3 Å². The summed E-state index contributed by atoms with van der Waals surface area (Å²) in [6, 6.07) is 12.5. The van der Waals surface area contributed by atoms with E-state index in [9.17, 15) is 4.79 Å². The van der Waals surface area contributed by atoms with Gasteiger partial charge < -0.3 is 14.8 Å². The second-order valence-corrected chi connectivity index (χ2v) is 7.01. The Morgan fingerprint density at radius 1 is 1.19 bits per heavy atom. The van der Waals surface area contributed by atoms with Crippen molar-refractivity contribution in [2.24, 2.45) is 7.05 Å². The van der Waals surface area contributed by atoms with Gasteiger partial charge in [-0.05, 0) is 43.5 Å². The predicted molar refractivity (Wildman–Crippen MR) is 106 cm³/mol. The number of carbonyl (C=O) groups is 1. The number of aromatic nitrogens is 2. The van der Waals surface area contributed by atoms with Gasteiger partial charge in [-0.3, -0.25) is 4.79 Å². The molecule has 3 aromatic rings. The third-order valence-corrected chi connectivity index (χ3v) is 5.31. The van der Waals surface area contributed by atoms with E-state index in [0.29, 0.717) is 6.42 Å².